The zero-order valence-corrected chi connectivity index (χ0v) is 14.8. The van der Waals surface area contributed by atoms with Crippen LogP contribution in [0.25, 0.3) is 0 Å². The van der Waals surface area contributed by atoms with Crippen LogP contribution in [0, 0.1) is 6.92 Å². The molecule has 2 N–H and O–H groups in total. The van der Waals surface area contributed by atoms with Crippen LogP contribution in [0.15, 0.2) is 24.3 Å². The van der Waals surface area contributed by atoms with Gasteiger partial charge in [0.2, 0.25) is 5.91 Å². The first kappa shape index (κ1) is 17.2. The van der Waals surface area contributed by atoms with E-state index in [0.29, 0.717) is 5.69 Å². The van der Waals surface area contributed by atoms with Crippen LogP contribution in [0.1, 0.15) is 47.3 Å². The lowest BCUT2D eigenvalue weighted by atomic mass is 10.1. The first-order valence-corrected chi connectivity index (χ1v) is 8.82. The normalized spacial score (nSPS) is 13.2. The Labute approximate surface area is 147 Å². The third-order valence-corrected chi connectivity index (χ3v) is 4.61. The van der Waals surface area contributed by atoms with Crippen molar-refractivity contribution in [3.8, 4) is 0 Å². The Morgan fingerprint density at radius 1 is 1.24 bits per heavy atom. The van der Waals surface area contributed by atoms with Crippen LogP contribution in [0.5, 0.6) is 0 Å². The Kier molecular flexibility index (Phi) is 5.16. The second-order valence-electron chi connectivity index (χ2n) is 6.30. The van der Waals surface area contributed by atoms with Crippen molar-refractivity contribution >= 4 is 17.5 Å². The Morgan fingerprint density at radius 2 is 2.04 bits per heavy atom. The number of carbonyl (C=O) groups excluding carboxylic acids is 2. The van der Waals surface area contributed by atoms with Gasteiger partial charge in [-0.25, -0.2) is 4.98 Å². The van der Waals surface area contributed by atoms with Gasteiger partial charge in [-0.15, -0.1) is 0 Å². The van der Waals surface area contributed by atoms with Crippen LogP contribution in [-0.4, -0.2) is 27.9 Å². The summed E-state index contributed by atoms with van der Waals surface area (Å²) in [5, 5.41) is 5.55. The number of para-hydroxylation sites is 1. The molecule has 1 aromatic carbocycles. The van der Waals surface area contributed by atoms with E-state index in [9.17, 15) is 9.59 Å². The molecule has 2 amide bonds. The molecule has 6 nitrogen and oxygen atoms in total. The predicted octanol–water partition coefficient (Wildman–Crippen LogP) is 2.46. The summed E-state index contributed by atoms with van der Waals surface area (Å²) in [6, 6.07) is 7.68. The van der Waals surface area contributed by atoms with E-state index in [0.717, 1.165) is 55.0 Å². The summed E-state index contributed by atoms with van der Waals surface area (Å²) < 4.78 is 2.11. The quantitative estimate of drug-likeness (QED) is 0.878. The third-order valence-electron chi connectivity index (χ3n) is 4.61. The van der Waals surface area contributed by atoms with E-state index < -0.39 is 0 Å². The molecular formula is C19H24N4O2. The van der Waals surface area contributed by atoms with Crippen molar-refractivity contribution in [3.05, 3.63) is 47.0 Å². The number of fused-ring (bicyclic) bond motifs is 1. The largest absolute Gasteiger partial charge is 0.342 e. The molecule has 0 aliphatic carbocycles. The maximum absolute atomic E-state index is 12.4. The van der Waals surface area contributed by atoms with Gasteiger partial charge in [0, 0.05) is 12.2 Å². The average Bonchev–Trinajstić information content (AvgIpc) is 2.97. The van der Waals surface area contributed by atoms with E-state index >= 15 is 0 Å². The zero-order chi connectivity index (χ0) is 17.8. The lowest BCUT2D eigenvalue weighted by Crippen LogP contribution is -2.34. The van der Waals surface area contributed by atoms with E-state index in [-0.39, 0.29) is 18.4 Å². The minimum atomic E-state index is -0.280. The number of aromatic nitrogens is 2. The van der Waals surface area contributed by atoms with Crippen LogP contribution in [0.2, 0.25) is 0 Å². The monoisotopic (exact) mass is 340 g/mol. The maximum atomic E-state index is 12.4. The fourth-order valence-corrected chi connectivity index (χ4v) is 3.29. The standard InChI is InChI=1S/C19H24N4O2/c1-3-14-8-4-5-9-15(14)22-17(24)12-20-19(25)18-16-10-6-7-11-23(16)13(2)21-18/h4-5,8-9H,3,6-7,10-12H2,1-2H3,(H,20,25)(H,22,24). The molecule has 25 heavy (non-hydrogen) atoms. The van der Waals surface area contributed by atoms with Gasteiger partial charge >= 0.3 is 0 Å². The first-order valence-electron chi connectivity index (χ1n) is 8.82. The SMILES string of the molecule is CCc1ccccc1NC(=O)CNC(=O)c1nc(C)n2c1CCCC2. The van der Waals surface area contributed by atoms with Crippen LogP contribution < -0.4 is 10.6 Å². The molecule has 0 radical (unpaired) electrons. The number of amides is 2. The van der Waals surface area contributed by atoms with Gasteiger partial charge in [0.15, 0.2) is 0 Å². The van der Waals surface area contributed by atoms with E-state index in [1.807, 2.05) is 38.1 Å². The van der Waals surface area contributed by atoms with Crippen molar-refractivity contribution in [2.45, 2.75) is 46.1 Å². The molecule has 0 saturated heterocycles. The van der Waals surface area contributed by atoms with Gasteiger partial charge in [-0.05, 0) is 44.2 Å². The van der Waals surface area contributed by atoms with Crippen LogP contribution >= 0.6 is 0 Å². The van der Waals surface area contributed by atoms with Gasteiger partial charge in [0.1, 0.15) is 11.5 Å². The van der Waals surface area contributed by atoms with Crippen LogP contribution in [0.3, 0.4) is 0 Å². The number of nitrogens with one attached hydrogen (secondary N) is 2. The molecule has 1 aliphatic heterocycles. The number of benzene rings is 1. The summed E-state index contributed by atoms with van der Waals surface area (Å²) in [7, 11) is 0. The van der Waals surface area contributed by atoms with Crippen molar-refractivity contribution < 1.29 is 9.59 Å². The molecule has 132 valence electrons. The van der Waals surface area contributed by atoms with Gasteiger partial charge in [-0.3, -0.25) is 9.59 Å². The number of imidazole rings is 1. The molecule has 6 heteroatoms. The second kappa shape index (κ2) is 7.51. The predicted molar refractivity (Wildman–Crippen MR) is 96.7 cm³/mol. The van der Waals surface area contributed by atoms with Crippen molar-refractivity contribution in [1.82, 2.24) is 14.9 Å². The molecule has 0 spiro atoms. The molecule has 2 aromatic rings. The number of hydrogen-bond donors (Lipinski definition) is 2. The van der Waals surface area contributed by atoms with Crippen molar-refractivity contribution in [2.75, 3.05) is 11.9 Å². The molecule has 3 rings (SSSR count). The molecule has 0 saturated carbocycles. The lowest BCUT2D eigenvalue weighted by Gasteiger charge is -2.16. The number of hydrogen-bond acceptors (Lipinski definition) is 3. The Morgan fingerprint density at radius 3 is 2.84 bits per heavy atom. The van der Waals surface area contributed by atoms with Crippen molar-refractivity contribution in [3.63, 3.8) is 0 Å². The maximum Gasteiger partial charge on any atom is 0.272 e. The topological polar surface area (TPSA) is 76.0 Å². The summed E-state index contributed by atoms with van der Waals surface area (Å²) in [4.78, 5) is 29.0. The van der Waals surface area contributed by atoms with Crippen molar-refractivity contribution in [2.24, 2.45) is 0 Å². The number of rotatable bonds is 5. The molecule has 0 bridgehead atoms. The van der Waals surface area contributed by atoms with E-state index in [1.165, 1.54) is 0 Å². The van der Waals surface area contributed by atoms with Gasteiger partial charge < -0.3 is 15.2 Å². The molecule has 0 unspecified atom stereocenters. The Bertz CT molecular complexity index is 795. The Hall–Kier alpha value is -2.63. The van der Waals surface area contributed by atoms with E-state index in [2.05, 4.69) is 20.2 Å². The summed E-state index contributed by atoms with van der Waals surface area (Å²) in [5.41, 5.74) is 3.30. The highest BCUT2D eigenvalue weighted by atomic mass is 16.2. The number of nitrogens with zero attached hydrogens (tertiary/aromatic N) is 2. The molecule has 0 fully saturated rings. The zero-order valence-electron chi connectivity index (χ0n) is 14.8. The minimum Gasteiger partial charge on any atom is -0.342 e. The summed E-state index contributed by atoms with van der Waals surface area (Å²) >= 11 is 0. The number of anilines is 1. The molecule has 0 atom stereocenters. The van der Waals surface area contributed by atoms with Gasteiger partial charge in [0.25, 0.3) is 5.91 Å². The van der Waals surface area contributed by atoms with Gasteiger partial charge in [-0.1, -0.05) is 25.1 Å². The molecule has 2 heterocycles. The van der Waals surface area contributed by atoms with Crippen molar-refractivity contribution in [1.29, 1.82) is 0 Å². The highest BCUT2D eigenvalue weighted by molar-refractivity contribution is 5.99. The highest BCUT2D eigenvalue weighted by Gasteiger charge is 2.22. The fourth-order valence-electron chi connectivity index (χ4n) is 3.29. The molecule has 1 aromatic heterocycles. The summed E-state index contributed by atoms with van der Waals surface area (Å²) in [5.74, 6) is 0.345. The fraction of sp³-hybridized carbons (Fsp3) is 0.421. The minimum absolute atomic E-state index is 0.0672. The van der Waals surface area contributed by atoms with Crippen LogP contribution in [-0.2, 0) is 24.2 Å². The summed E-state index contributed by atoms with van der Waals surface area (Å²) in [6.45, 7) is 4.80. The summed E-state index contributed by atoms with van der Waals surface area (Å²) in [6.07, 6.45) is 3.88. The third kappa shape index (κ3) is 3.73. The average molecular weight is 340 g/mol. The highest BCUT2D eigenvalue weighted by Crippen LogP contribution is 2.20. The first-order chi connectivity index (χ1) is 12.1. The lowest BCUT2D eigenvalue weighted by molar-refractivity contribution is -0.115. The number of aryl methyl sites for hydroxylation is 2. The Balaban J connectivity index is 1.62. The molecule has 1 aliphatic rings. The van der Waals surface area contributed by atoms with Gasteiger partial charge in [0.05, 0.1) is 12.2 Å². The number of carbonyl (C=O) groups is 2. The van der Waals surface area contributed by atoms with E-state index in [4.69, 9.17) is 0 Å². The smallest absolute Gasteiger partial charge is 0.272 e. The molecular weight excluding hydrogens is 316 g/mol. The van der Waals surface area contributed by atoms with Gasteiger partial charge in [-0.2, -0.15) is 0 Å². The second-order valence-corrected chi connectivity index (χ2v) is 6.30. The van der Waals surface area contributed by atoms with E-state index in [1.54, 1.807) is 0 Å². The van der Waals surface area contributed by atoms with Crippen LogP contribution in [0.4, 0.5) is 5.69 Å².